The predicted octanol–water partition coefficient (Wildman–Crippen LogP) is 1.37. The SMILES string of the molecule is COC(=O)CCNCC1(C)COc2ccccc2O1. The molecular weight excluding hydrogens is 246 g/mol. The molecule has 1 aliphatic heterocycles. The van der Waals surface area contributed by atoms with Crippen LogP contribution in [0, 0.1) is 0 Å². The van der Waals surface area contributed by atoms with Crippen molar-refractivity contribution in [2.45, 2.75) is 18.9 Å². The number of carbonyl (C=O) groups excluding carboxylic acids is 1. The minimum atomic E-state index is -0.426. The molecule has 1 unspecified atom stereocenters. The highest BCUT2D eigenvalue weighted by Crippen LogP contribution is 2.34. The largest absolute Gasteiger partial charge is 0.485 e. The summed E-state index contributed by atoms with van der Waals surface area (Å²) >= 11 is 0. The molecule has 0 spiro atoms. The molecule has 0 fully saturated rings. The molecule has 5 nitrogen and oxygen atoms in total. The molecule has 0 amide bonds. The van der Waals surface area contributed by atoms with Gasteiger partial charge in [-0.25, -0.2) is 0 Å². The standard InChI is InChI=1S/C14H19NO4/c1-14(9-15-8-7-13(16)17-2)10-18-11-5-3-4-6-12(11)19-14/h3-6,15H,7-10H2,1-2H3. The molecule has 5 heteroatoms. The fourth-order valence-corrected chi connectivity index (χ4v) is 1.91. The summed E-state index contributed by atoms with van der Waals surface area (Å²) in [5.74, 6) is 1.31. The van der Waals surface area contributed by atoms with Crippen molar-refractivity contribution in [2.75, 3.05) is 26.8 Å². The van der Waals surface area contributed by atoms with Crippen molar-refractivity contribution in [1.82, 2.24) is 5.32 Å². The van der Waals surface area contributed by atoms with E-state index in [2.05, 4.69) is 10.1 Å². The van der Waals surface area contributed by atoms with E-state index in [1.807, 2.05) is 31.2 Å². The molecule has 1 aromatic carbocycles. The lowest BCUT2D eigenvalue weighted by Gasteiger charge is -2.35. The van der Waals surface area contributed by atoms with E-state index in [0.717, 1.165) is 11.5 Å². The molecule has 0 radical (unpaired) electrons. The Hall–Kier alpha value is -1.75. The summed E-state index contributed by atoms with van der Waals surface area (Å²) in [5.41, 5.74) is -0.426. The number of fused-ring (bicyclic) bond motifs is 1. The molecular formula is C14H19NO4. The molecule has 0 bridgehead atoms. The van der Waals surface area contributed by atoms with E-state index in [-0.39, 0.29) is 5.97 Å². The number of esters is 1. The maximum atomic E-state index is 11.0. The summed E-state index contributed by atoms with van der Waals surface area (Å²) in [6.07, 6.45) is 0.351. The second-order valence-corrected chi connectivity index (χ2v) is 4.79. The fraction of sp³-hybridized carbons (Fsp3) is 0.500. The number of rotatable bonds is 5. The summed E-state index contributed by atoms with van der Waals surface area (Å²) in [6.45, 7) is 3.63. The molecule has 2 rings (SSSR count). The van der Waals surface area contributed by atoms with Crippen molar-refractivity contribution in [3.63, 3.8) is 0 Å². The van der Waals surface area contributed by atoms with Gasteiger partial charge in [0.15, 0.2) is 17.1 Å². The van der Waals surface area contributed by atoms with Gasteiger partial charge >= 0.3 is 5.97 Å². The Kier molecular flexibility index (Phi) is 4.27. The van der Waals surface area contributed by atoms with Crippen LogP contribution < -0.4 is 14.8 Å². The van der Waals surface area contributed by atoms with Gasteiger partial charge in [-0.15, -0.1) is 0 Å². The van der Waals surface area contributed by atoms with Crippen LogP contribution >= 0.6 is 0 Å². The number of benzene rings is 1. The Morgan fingerprint density at radius 1 is 1.42 bits per heavy atom. The second kappa shape index (κ2) is 5.93. The summed E-state index contributed by atoms with van der Waals surface area (Å²) < 4.78 is 16.2. The van der Waals surface area contributed by atoms with Crippen molar-refractivity contribution in [3.8, 4) is 11.5 Å². The Labute approximate surface area is 112 Å². The van der Waals surface area contributed by atoms with E-state index in [1.54, 1.807) is 0 Å². The monoisotopic (exact) mass is 265 g/mol. The number of ether oxygens (including phenoxy) is 3. The van der Waals surface area contributed by atoms with Gasteiger partial charge in [-0.05, 0) is 19.1 Å². The summed E-state index contributed by atoms with van der Waals surface area (Å²) in [5, 5.41) is 3.19. The van der Waals surface area contributed by atoms with Crippen LogP contribution in [-0.2, 0) is 9.53 Å². The van der Waals surface area contributed by atoms with Crippen LogP contribution in [0.4, 0.5) is 0 Å². The van der Waals surface area contributed by atoms with E-state index in [0.29, 0.717) is 26.1 Å². The Bertz CT molecular complexity index is 449. The lowest BCUT2D eigenvalue weighted by Crippen LogP contribution is -2.50. The van der Waals surface area contributed by atoms with Gasteiger partial charge in [-0.2, -0.15) is 0 Å². The quantitative estimate of drug-likeness (QED) is 0.643. The van der Waals surface area contributed by atoms with Gasteiger partial charge in [0.25, 0.3) is 0 Å². The van der Waals surface area contributed by atoms with Gasteiger partial charge in [-0.1, -0.05) is 12.1 Å². The van der Waals surface area contributed by atoms with Gasteiger partial charge in [0.05, 0.1) is 13.5 Å². The van der Waals surface area contributed by atoms with Crippen LogP contribution in [0.5, 0.6) is 11.5 Å². The minimum Gasteiger partial charge on any atom is -0.485 e. The summed E-state index contributed by atoms with van der Waals surface area (Å²) in [7, 11) is 1.39. The molecule has 1 aliphatic rings. The molecule has 104 valence electrons. The van der Waals surface area contributed by atoms with Crippen molar-refractivity contribution in [3.05, 3.63) is 24.3 Å². The predicted molar refractivity (Wildman–Crippen MR) is 70.5 cm³/mol. The second-order valence-electron chi connectivity index (χ2n) is 4.79. The molecule has 1 aromatic rings. The first-order valence-electron chi connectivity index (χ1n) is 6.31. The number of methoxy groups -OCH3 is 1. The number of hydrogen-bond donors (Lipinski definition) is 1. The Balaban J connectivity index is 1.83. The first-order valence-corrected chi connectivity index (χ1v) is 6.31. The zero-order chi connectivity index (χ0) is 13.7. The van der Waals surface area contributed by atoms with Gasteiger partial charge in [0, 0.05) is 13.1 Å². The molecule has 1 heterocycles. The fourth-order valence-electron chi connectivity index (χ4n) is 1.91. The van der Waals surface area contributed by atoms with Crippen LogP contribution in [0.3, 0.4) is 0 Å². The van der Waals surface area contributed by atoms with Crippen LogP contribution in [0.1, 0.15) is 13.3 Å². The van der Waals surface area contributed by atoms with E-state index in [1.165, 1.54) is 7.11 Å². The van der Waals surface area contributed by atoms with E-state index < -0.39 is 5.60 Å². The molecule has 1 atom stereocenters. The first-order chi connectivity index (χ1) is 9.13. The van der Waals surface area contributed by atoms with Gasteiger partial charge < -0.3 is 19.5 Å². The van der Waals surface area contributed by atoms with E-state index in [4.69, 9.17) is 9.47 Å². The smallest absolute Gasteiger partial charge is 0.306 e. The molecule has 0 aliphatic carbocycles. The topological polar surface area (TPSA) is 56.8 Å². The number of carbonyl (C=O) groups is 1. The number of nitrogens with one attached hydrogen (secondary N) is 1. The number of para-hydroxylation sites is 2. The zero-order valence-corrected chi connectivity index (χ0v) is 11.3. The van der Waals surface area contributed by atoms with Crippen molar-refractivity contribution in [1.29, 1.82) is 0 Å². The van der Waals surface area contributed by atoms with Gasteiger partial charge in [-0.3, -0.25) is 4.79 Å². The third-order valence-corrected chi connectivity index (χ3v) is 2.97. The summed E-state index contributed by atoms with van der Waals surface area (Å²) in [6, 6.07) is 7.61. The van der Waals surface area contributed by atoms with Crippen LogP contribution in [-0.4, -0.2) is 38.4 Å². The third kappa shape index (κ3) is 3.61. The van der Waals surface area contributed by atoms with Gasteiger partial charge in [0.1, 0.15) is 6.61 Å². The zero-order valence-electron chi connectivity index (χ0n) is 11.3. The average molecular weight is 265 g/mol. The summed E-state index contributed by atoms with van der Waals surface area (Å²) in [4.78, 5) is 11.0. The minimum absolute atomic E-state index is 0.219. The molecule has 0 saturated heterocycles. The highest BCUT2D eigenvalue weighted by atomic mass is 16.6. The average Bonchev–Trinajstić information content (AvgIpc) is 2.43. The lowest BCUT2D eigenvalue weighted by molar-refractivity contribution is -0.140. The van der Waals surface area contributed by atoms with Crippen LogP contribution in [0.25, 0.3) is 0 Å². The molecule has 0 aromatic heterocycles. The third-order valence-electron chi connectivity index (χ3n) is 2.97. The van der Waals surface area contributed by atoms with Crippen molar-refractivity contribution >= 4 is 5.97 Å². The molecule has 0 saturated carbocycles. The Morgan fingerprint density at radius 2 is 2.16 bits per heavy atom. The van der Waals surface area contributed by atoms with Gasteiger partial charge in [0.2, 0.25) is 0 Å². The molecule has 19 heavy (non-hydrogen) atoms. The molecule has 1 N–H and O–H groups in total. The Morgan fingerprint density at radius 3 is 2.89 bits per heavy atom. The first kappa shape index (κ1) is 13.7. The lowest BCUT2D eigenvalue weighted by atomic mass is 10.1. The van der Waals surface area contributed by atoms with Crippen LogP contribution in [0.15, 0.2) is 24.3 Å². The highest BCUT2D eigenvalue weighted by molar-refractivity contribution is 5.69. The maximum Gasteiger partial charge on any atom is 0.306 e. The maximum absolute atomic E-state index is 11.0. The van der Waals surface area contributed by atoms with Crippen molar-refractivity contribution < 1.29 is 19.0 Å². The normalized spacial score (nSPS) is 20.9. The van der Waals surface area contributed by atoms with E-state index in [9.17, 15) is 4.79 Å². The van der Waals surface area contributed by atoms with Crippen molar-refractivity contribution in [2.24, 2.45) is 0 Å². The number of hydrogen-bond acceptors (Lipinski definition) is 5. The van der Waals surface area contributed by atoms with E-state index >= 15 is 0 Å². The van der Waals surface area contributed by atoms with Crippen LogP contribution in [0.2, 0.25) is 0 Å². The highest BCUT2D eigenvalue weighted by Gasteiger charge is 2.32.